The molecule has 168 valence electrons. The van der Waals surface area contributed by atoms with Crippen LogP contribution in [0.4, 0.5) is 8.78 Å². The van der Waals surface area contributed by atoms with E-state index < -0.39 is 58.5 Å². The molecule has 0 unspecified atom stereocenters. The molecule has 0 heterocycles. The fraction of sp³-hybridized carbons (Fsp3) is 0.667. The number of rotatable bonds is 3. The predicted molar refractivity (Wildman–Crippen MR) is 108 cm³/mol. The van der Waals surface area contributed by atoms with Gasteiger partial charge in [-0.05, 0) is 55.7 Å². The van der Waals surface area contributed by atoms with E-state index in [9.17, 15) is 19.5 Å². The number of alkyl halides is 2. The van der Waals surface area contributed by atoms with Gasteiger partial charge in [-0.15, -0.1) is 0 Å². The van der Waals surface area contributed by atoms with Gasteiger partial charge in [0, 0.05) is 29.2 Å². The van der Waals surface area contributed by atoms with Crippen LogP contribution in [-0.2, 0) is 19.1 Å². The summed E-state index contributed by atoms with van der Waals surface area (Å²) in [7, 11) is 0. The van der Waals surface area contributed by atoms with Crippen LogP contribution in [0.2, 0.25) is 0 Å². The normalized spacial score (nSPS) is 48.1. The molecule has 0 amide bonds. The standard InChI is InChI=1S/C24H28F2O5/c1-4-20(30)31-21-13(2)9-15-16-11-18(25)17-10-14(28)5-6-22(17,3)24(16,26)19(29)12-23(15,21)7-8-27/h5-7,10,13,15-16,18-19,21,29H,4,9,11-12H2,1-3H3/t13-,15+,16+,18+,19+,21-,22+,23+,24+/m1/s1. The Labute approximate surface area is 180 Å². The molecule has 4 aliphatic carbocycles. The Kier molecular flexibility index (Phi) is 5.14. The molecule has 9 atom stereocenters. The van der Waals surface area contributed by atoms with Gasteiger partial charge in [-0.2, -0.15) is 0 Å². The monoisotopic (exact) mass is 434 g/mol. The number of aliphatic hydroxyl groups excluding tert-OH is 1. The first kappa shape index (κ1) is 22.1. The van der Waals surface area contributed by atoms with Crippen molar-refractivity contribution in [2.24, 2.45) is 28.6 Å². The largest absolute Gasteiger partial charge is 0.461 e. The Morgan fingerprint density at radius 1 is 1.39 bits per heavy atom. The maximum Gasteiger partial charge on any atom is 0.305 e. The van der Waals surface area contributed by atoms with Crippen molar-refractivity contribution in [3.63, 3.8) is 0 Å². The van der Waals surface area contributed by atoms with Gasteiger partial charge in [0.15, 0.2) is 11.5 Å². The maximum absolute atomic E-state index is 17.0. The second-order valence-electron chi connectivity index (χ2n) is 9.79. The number of fused-ring (bicyclic) bond motifs is 5. The molecule has 0 aromatic carbocycles. The van der Waals surface area contributed by atoms with Crippen molar-refractivity contribution in [3.05, 3.63) is 29.9 Å². The molecular formula is C24H28F2O5. The van der Waals surface area contributed by atoms with Crippen molar-refractivity contribution in [2.75, 3.05) is 0 Å². The fourth-order valence-corrected chi connectivity index (χ4v) is 7.00. The zero-order valence-electron chi connectivity index (χ0n) is 17.9. The highest BCUT2D eigenvalue weighted by atomic mass is 19.1. The minimum Gasteiger partial charge on any atom is -0.461 e. The van der Waals surface area contributed by atoms with Gasteiger partial charge in [0.1, 0.15) is 18.2 Å². The number of halogens is 2. The highest BCUT2D eigenvalue weighted by Crippen LogP contribution is 2.69. The van der Waals surface area contributed by atoms with E-state index in [2.05, 4.69) is 0 Å². The minimum absolute atomic E-state index is 0.0521. The van der Waals surface area contributed by atoms with E-state index >= 15 is 8.78 Å². The third-order valence-corrected chi connectivity index (χ3v) is 8.37. The second-order valence-corrected chi connectivity index (χ2v) is 9.79. The number of esters is 1. The molecule has 0 aromatic rings. The average molecular weight is 434 g/mol. The van der Waals surface area contributed by atoms with E-state index in [1.807, 2.05) is 6.92 Å². The number of hydrogen-bond donors (Lipinski definition) is 1. The summed E-state index contributed by atoms with van der Waals surface area (Å²) < 4.78 is 38.1. The first-order chi connectivity index (χ1) is 14.5. The SMILES string of the molecule is CCC(=O)O[C@@H]1[C@H](C)C[C@H]2[C@@H]3C[C@H](F)C4=CC(=O)C=C[C@]4(C)[C@@]3(F)[C@@H](O)C[C@]12C=C=O. The molecule has 0 bridgehead atoms. The Morgan fingerprint density at radius 3 is 2.74 bits per heavy atom. The highest BCUT2D eigenvalue weighted by molar-refractivity contribution is 6.01. The third kappa shape index (κ3) is 2.79. The van der Waals surface area contributed by atoms with E-state index in [4.69, 9.17) is 4.74 Å². The molecule has 0 spiro atoms. The van der Waals surface area contributed by atoms with Crippen LogP contribution in [0, 0.1) is 28.6 Å². The zero-order valence-corrected chi connectivity index (χ0v) is 17.9. The summed E-state index contributed by atoms with van der Waals surface area (Å²) in [6.07, 6.45) is 1.39. The van der Waals surface area contributed by atoms with Crippen LogP contribution in [-0.4, -0.2) is 46.8 Å². The fourth-order valence-electron chi connectivity index (χ4n) is 7.00. The summed E-state index contributed by atoms with van der Waals surface area (Å²) in [5.74, 6) is -0.705. The number of carbonyl (C=O) groups is 2. The van der Waals surface area contributed by atoms with Crippen LogP contribution < -0.4 is 0 Å². The van der Waals surface area contributed by atoms with E-state index in [1.54, 1.807) is 12.9 Å². The van der Waals surface area contributed by atoms with Gasteiger partial charge in [-0.3, -0.25) is 9.59 Å². The molecule has 7 heteroatoms. The Balaban J connectivity index is 1.85. The van der Waals surface area contributed by atoms with Crippen LogP contribution in [0.1, 0.15) is 46.5 Å². The molecule has 3 fully saturated rings. The number of ketones is 1. The van der Waals surface area contributed by atoms with E-state index in [-0.39, 0.29) is 30.8 Å². The lowest BCUT2D eigenvalue weighted by atomic mass is 9.45. The number of allylic oxidation sites excluding steroid dienone is 4. The first-order valence-corrected chi connectivity index (χ1v) is 10.9. The van der Waals surface area contributed by atoms with Crippen molar-refractivity contribution >= 4 is 17.7 Å². The predicted octanol–water partition coefficient (Wildman–Crippen LogP) is 3.24. The third-order valence-electron chi connectivity index (χ3n) is 8.37. The van der Waals surface area contributed by atoms with Crippen LogP contribution in [0.25, 0.3) is 0 Å². The molecule has 0 saturated heterocycles. The van der Waals surface area contributed by atoms with Crippen molar-refractivity contribution in [3.8, 4) is 0 Å². The molecule has 1 N–H and O–H groups in total. The molecule has 5 nitrogen and oxygen atoms in total. The molecule has 0 aliphatic heterocycles. The van der Waals surface area contributed by atoms with Gasteiger partial charge in [0.05, 0.1) is 6.10 Å². The second kappa shape index (κ2) is 7.21. The van der Waals surface area contributed by atoms with Gasteiger partial charge in [-0.25, -0.2) is 13.6 Å². The van der Waals surface area contributed by atoms with Gasteiger partial charge < -0.3 is 9.84 Å². The molecular weight excluding hydrogens is 406 g/mol. The van der Waals surface area contributed by atoms with Crippen molar-refractivity contribution in [1.29, 1.82) is 0 Å². The highest BCUT2D eigenvalue weighted by Gasteiger charge is 2.74. The summed E-state index contributed by atoms with van der Waals surface area (Å²) in [5, 5.41) is 11.2. The summed E-state index contributed by atoms with van der Waals surface area (Å²) in [6.45, 7) is 5.05. The van der Waals surface area contributed by atoms with Crippen molar-refractivity contribution < 1.29 is 33.0 Å². The number of hydrogen-bond acceptors (Lipinski definition) is 5. The quantitative estimate of drug-likeness (QED) is 0.545. The van der Waals surface area contributed by atoms with Gasteiger partial charge in [0.25, 0.3) is 0 Å². The number of carbonyl (C=O) groups excluding carboxylic acids is 3. The number of ether oxygens (including phenoxy) is 1. The smallest absolute Gasteiger partial charge is 0.305 e. The molecule has 0 aromatic heterocycles. The van der Waals surface area contributed by atoms with Crippen LogP contribution in [0.5, 0.6) is 0 Å². The summed E-state index contributed by atoms with van der Waals surface area (Å²) in [5.41, 5.74) is -4.78. The molecule has 4 aliphatic rings. The molecule has 4 rings (SSSR count). The first-order valence-electron chi connectivity index (χ1n) is 10.9. The molecule has 3 saturated carbocycles. The lowest BCUT2D eigenvalue weighted by Gasteiger charge is -2.62. The molecule has 0 radical (unpaired) electrons. The maximum atomic E-state index is 17.0. The van der Waals surface area contributed by atoms with E-state index in [1.165, 1.54) is 25.2 Å². The van der Waals surface area contributed by atoms with Gasteiger partial charge in [-0.1, -0.05) is 19.9 Å². The molecule has 31 heavy (non-hydrogen) atoms. The van der Waals surface area contributed by atoms with Crippen molar-refractivity contribution in [2.45, 2.75) is 70.5 Å². The average Bonchev–Trinajstić information content (AvgIpc) is 2.97. The van der Waals surface area contributed by atoms with Crippen LogP contribution >= 0.6 is 0 Å². The lowest BCUT2D eigenvalue weighted by Crippen LogP contribution is -2.68. The van der Waals surface area contributed by atoms with Gasteiger partial charge in [0.2, 0.25) is 0 Å². The Bertz CT molecular complexity index is 921. The lowest BCUT2D eigenvalue weighted by molar-refractivity contribution is -0.205. The van der Waals surface area contributed by atoms with Crippen LogP contribution in [0.3, 0.4) is 0 Å². The summed E-state index contributed by atoms with van der Waals surface area (Å²) in [6, 6.07) is 0. The Hall–Kier alpha value is -2.11. The number of aliphatic hydroxyl groups is 1. The summed E-state index contributed by atoms with van der Waals surface area (Å²) >= 11 is 0. The zero-order chi connectivity index (χ0) is 22.8. The van der Waals surface area contributed by atoms with E-state index in [0.717, 1.165) is 6.08 Å². The Morgan fingerprint density at radius 2 is 2.10 bits per heavy atom. The van der Waals surface area contributed by atoms with Gasteiger partial charge >= 0.3 is 5.97 Å². The van der Waals surface area contributed by atoms with Crippen molar-refractivity contribution in [1.82, 2.24) is 0 Å². The van der Waals surface area contributed by atoms with E-state index in [0.29, 0.717) is 6.42 Å². The topological polar surface area (TPSA) is 80.7 Å². The van der Waals surface area contributed by atoms with Crippen LogP contribution in [0.15, 0.2) is 29.9 Å². The minimum atomic E-state index is -2.23. The summed E-state index contributed by atoms with van der Waals surface area (Å²) in [4.78, 5) is 35.5.